The molecule has 5 heterocycles. The fourth-order valence-corrected chi connectivity index (χ4v) is 10.3. The second-order valence-electron chi connectivity index (χ2n) is 19.0. The molecule has 9 rings (SSSR count). The lowest BCUT2D eigenvalue weighted by molar-refractivity contribution is -0.135. The number of benzene rings is 4. The molecule has 1 atom stereocenters. The Kier molecular flexibility index (Phi) is 14.9. The number of ether oxygens (including phenoxy) is 2. The van der Waals surface area contributed by atoms with Crippen molar-refractivity contribution in [2.24, 2.45) is 0 Å². The number of nitrogens with one attached hydrogen (secondary N) is 1. The molecule has 0 radical (unpaired) electrons. The number of pyridine rings is 1. The molecule has 4 aromatic carbocycles. The smallest absolute Gasteiger partial charge is 0.339 e. The zero-order valence-electron chi connectivity index (χ0n) is 40.6. The van der Waals surface area contributed by atoms with Gasteiger partial charge in [-0.2, -0.15) is 5.10 Å². The summed E-state index contributed by atoms with van der Waals surface area (Å²) in [5, 5.41) is 9.53. The summed E-state index contributed by atoms with van der Waals surface area (Å²) in [5.74, 6) is -1.28. The first kappa shape index (κ1) is 48.7. The molecule has 3 aliphatic rings. The number of aryl methyl sites for hydroxylation is 1. The van der Waals surface area contributed by atoms with Gasteiger partial charge in [0.25, 0.3) is 5.56 Å². The summed E-state index contributed by atoms with van der Waals surface area (Å²) in [6.45, 7) is 14.8. The van der Waals surface area contributed by atoms with E-state index in [-0.39, 0.29) is 43.3 Å². The molecular weight excluding hydrogens is 897 g/mol. The molecule has 71 heavy (non-hydrogen) atoms. The largest absolute Gasteiger partial charge is 0.440 e. The number of hydrogen-bond donors (Lipinski definition) is 1. The van der Waals surface area contributed by atoms with Crippen LogP contribution in [0.25, 0.3) is 34.0 Å². The van der Waals surface area contributed by atoms with Crippen molar-refractivity contribution in [3.8, 4) is 0 Å². The summed E-state index contributed by atoms with van der Waals surface area (Å²) in [7, 11) is 2.16. The van der Waals surface area contributed by atoms with Crippen LogP contribution in [0.4, 0.5) is 4.79 Å². The minimum absolute atomic E-state index is 0.0817. The van der Waals surface area contributed by atoms with E-state index >= 15 is 0 Å². The Morgan fingerprint density at radius 3 is 1.99 bits per heavy atom. The van der Waals surface area contributed by atoms with Gasteiger partial charge in [-0.05, 0) is 129 Å². The lowest BCUT2D eigenvalue weighted by Gasteiger charge is -2.43. The Labute approximate surface area is 413 Å². The van der Waals surface area contributed by atoms with Crippen LogP contribution in [0.15, 0.2) is 115 Å². The first-order chi connectivity index (χ1) is 34.4. The zero-order chi connectivity index (χ0) is 49.6. The van der Waals surface area contributed by atoms with Gasteiger partial charge in [0.05, 0.1) is 22.2 Å². The molecule has 2 aromatic heterocycles. The summed E-state index contributed by atoms with van der Waals surface area (Å²) < 4.78 is 14.4. The van der Waals surface area contributed by atoms with Gasteiger partial charge >= 0.3 is 18.0 Å². The number of amides is 3. The third-order valence-corrected chi connectivity index (χ3v) is 14.4. The fraction of sp³-hybridized carbons (Fsp3) is 0.357. The summed E-state index contributed by atoms with van der Waals surface area (Å²) in [5.41, 5.74) is 6.09. The maximum Gasteiger partial charge on any atom is 0.339 e. The average molecular weight is 959 g/mol. The van der Waals surface area contributed by atoms with Gasteiger partial charge < -0.3 is 29.5 Å². The van der Waals surface area contributed by atoms with Gasteiger partial charge in [-0.1, -0.05) is 73.8 Å². The number of aromatic nitrogens is 3. The van der Waals surface area contributed by atoms with Gasteiger partial charge in [0, 0.05) is 68.9 Å². The van der Waals surface area contributed by atoms with Crippen molar-refractivity contribution in [1.82, 2.24) is 39.3 Å². The van der Waals surface area contributed by atoms with Gasteiger partial charge in [-0.25, -0.2) is 19.1 Å². The number of nitrogens with zero attached hydrogens (tertiary/aromatic N) is 7. The molecular formula is C56H62N8O7. The van der Waals surface area contributed by atoms with Gasteiger partial charge in [0.2, 0.25) is 5.91 Å². The Hall–Kier alpha value is -7.36. The summed E-state index contributed by atoms with van der Waals surface area (Å²) in [6.07, 6.45) is 8.78. The summed E-state index contributed by atoms with van der Waals surface area (Å²) in [4.78, 5) is 77.6. The normalized spacial score (nSPS) is 16.7. The number of esters is 2. The Morgan fingerprint density at radius 1 is 0.732 bits per heavy atom. The first-order valence-corrected chi connectivity index (χ1v) is 24.6. The van der Waals surface area contributed by atoms with Crippen molar-refractivity contribution in [2.75, 3.05) is 59.4 Å². The van der Waals surface area contributed by atoms with E-state index in [1.165, 1.54) is 4.57 Å². The quantitative estimate of drug-likeness (QED) is 0.110. The monoisotopic (exact) mass is 958 g/mol. The average Bonchev–Trinajstić information content (AvgIpc) is 3.83. The van der Waals surface area contributed by atoms with Gasteiger partial charge in [0.1, 0.15) is 6.04 Å². The number of hydrogen-bond acceptors (Lipinski definition) is 10. The molecule has 0 bridgehead atoms. The highest BCUT2D eigenvalue weighted by molar-refractivity contribution is 5.91. The predicted molar refractivity (Wildman–Crippen MR) is 275 cm³/mol. The second kappa shape index (κ2) is 21.7. The van der Waals surface area contributed by atoms with E-state index in [0.717, 1.165) is 77.6 Å². The van der Waals surface area contributed by atoms with E-state index in [9.17, 15) is 24.0 Å². The van der Waals surface area contributed by atoms with E-state index in [0.29, 0.717) is 67.3 Å². The Morgan fingerprint density at radius 2 is 1.35 bits per heavy atom. The van der Waals surface area contributed by atoms with E-state index in [2.05, 4.69) is 35.3 Å². The minimum atomic E-state index is -0.842. The number of para-hydroxylation sites is 1. The molecule has 15 nitrogen and oxygen atoms in total. The number of piperidine rings is 2. The highest BCUT2D eigenvalue weighted by atomic mass is 16.5. The predicted octanol–water partition coefficient (Wildman–Crippen LogP) is 7.31. The number of piperazine rings is 1. The van der Waals surface area contributed by atoms with E-state index in [1.807, 2.05) is 60.5 Å². The fourth-order valence-electron chi connectivity index (χ4n) is 10.3. The molecule has 0 saturated carbocycles. The van der Waals surface area contributed by atoms with Crippen LogP contribution in [0.2, 0.25) is 0 Å². The number of fused-ring (bicyclic) bond motifs is 2. The second-order valence-corrected chi connectivity index (χ2v) is 19.0. The standard InChI is InChI=1S/C56H62N8O7/c1-5-39-11-15-43(16-12-39)54(67)70-36-63-35-46-32-41(31-38(3)51(46)58-63)33-49(53(66)61-29-27-60(28-30-61)47-21-23-59(4)24-22-47)57-56(69)62-25-19-42(20-26-62)48-34-45-9-7-8-10-50(45)64(52(48)65)37-71-55(68)44-17-13-40(6-2)14-18-44/h5-18,31-32,34-35,42,47,49H,1-2,19-30,33,36-37H2,3-4H3,(H,57,69)/t49-/m1/s1. The third-order valence-electron chi connectivity index (χ3n) is 14.4. The summed E-state index contributed by atoms with van der Waals surface area (Å²) in [6, 6.07) is 26.7. The Bertz CT molecular complexity index is 2990. The van der Waals surface area contributed by atoms with Crippen molar-refractivity contribution in [3.63, 3.8) is 0 Å². The van der Waals surface area contributed by atoms with Crippen molar-refractivity contribution >= 4 is 57.8 Å². The summed E-state index contributed by atoms with van der Waals surface area (Å²) >= 11 is 0. The number of urea groups is 1. The van der Waals surface area contributed by atoms with Crippen LogP contribution in [-0.4, -0.2) is 129 Å². The lowest BCUT2D eigenvalue weighted by atomic mass is 9.89. The number of likely N-dealkylation sites (tertiary alicyclic amines) is 2. The molecule has 0 aliphatic carbocycles. The minimum Gasteiger partial charge on any atom is -0.440 e. The van der Waals surface area contributed by atoms with Crippen molar-refractivity contribution in [2.45, 2.75) is 70.5 Å². The van der Waals surface area contributed by atoms with Gasteiger partial charge in [-0.3, -0.25) is 19.1 Å². The van der Waals surface area contributed by atoms with E-state index in [1.54, 1.807) is 70.3 Å². The molecule has 15 heteroatoms. The molecule has 3 amide bonds. The number of carbonyl (C=O) groups is 4. The van der Waals surface area contributed by atoms with Crippen LogP contribution in [0.1, 0.15) is 80.1 Å². The SMILES string of the molecule is C=Cc1ccc(C(=O)OCn2cc3cc(C[C@@H](NC(=O)N4CCC(c5cc6ccccc6n(COC(=O)c6ccc(C=C)cc6)c5=O)CC4)C(=O)N4CCN(C5CCN(C)CC5)CC4)cc(C)c3n2)cc1. The molecule has 3 saturated heterocycles. The molecule has 0 unspecified atom stereocenters. The first-order valence-electron chi connectivity index (χ1n) is 24.6. The molecule has 3 aliphatic heterocycles. The van der Waals surface area contributed by atoms with Crippen molar-refractivity contribution in [1.29, 1.82) is 0 Å². The molecule has 0 spiro atoms. The molecule has 368 valence electrons. The Balaban J connectivity index is 0.887. The van der Waals surface area contributed by atoms with Crippen LogP contribution < -0.4 is 10.9 Å². The lowest BCUT2D eigenvalue weighted by Crippen LogP contribution is -2.59. The van der Waals surface area contributed by atoms with Crippen LogP contribution in [0.5, 0.6) is 0 Å². The highest BCUT2D eigenvalue weighted by Gasteiger charge is 2.34. The van der Waals surface area contributed by atoms with E-state index < -0.39 is 18.0 Å². The number of carbonyl (C=O) groups excluding carboxylic acids is 4. The zero-order valence-corrected chi connectivity index (χ0v) is 40.6. The van der Waals surface area contributed by atoms with Crippen LogP contribution in [0, 0.1) is 6.92 Å². The third kappa shape index (κ3) is 11.2. The van der Waals surface area contributed by atoms with Gasteiger partial charge in [-0.15, -0.1) is 0 Å². The maximum atomic E-state index is 14.6. The van der Waals surface area contributed by atoms with E-state index in [4.69, 9.17) is 14.6 Å². The molecule has 6 aromatic rings. The maximum absolute atomic E-state index is 14.6. The van der Waals surface area contributed by atoms with Gasteiger partial charge in [0.15, 0.2) is 13.5 Å². The molecule has 1 N–H and O–H groups in total. The molecule has 3 fully saturated rings. The van der Waals surface area contributed by atoms with Crippen molar-refractivity contribution < 1.29 is 28.7 Å². The topological polar surface area (TPSA) is 152 Å². The van der Waals surface area contributed by atoms with Crippen LogP contribution in [-0.2, 0) is 34.2 Å². The number of rotatable bonds is 14. The van der Waals surface area contributed by atoms with Crippen LogP contribution >= 0.6 is 0 Å². The van der Waals surface area contributed by atoms with Crippen molar-refractivity contribution in [3.05, 3.63) is 160 Å². The van der Waals surface area contributed by atoms with Crippen LogP contribution in [0.3, 0.4) is 0 Å². The highest BCUT2D eigenvalue weighted by Crippen LogP contribution is 2.29.